The van der Waals surface area contributed by atoms with Gasteiger partial charge in [0, 0.05) is 6.07 Å². The Morgan fingerprint density at radius 1 is 0.969 bits per heavy atom. The highest BCUT2D eigenvalue weighted by Crippen LogP contribution is 2.37. The molecule has 0 fully saturated rings. The van der Waals surface area contributed by atoms with Gasteiger partial charge in [-0.2, -0.15) is 0 Å². The topological polar surface area (TPSA) is 78.9 Å². The molecule has 0 spiro atoms. The van der Waals surface area contributed by atoms with Crippen molar-refractivity contribution in [2.45, 2.75) is 6.92 Å². The van der Waals surface area contributed by atoms with Crippen LogP contribution in [-0.2, 0) is 4.74 Å². The average molecular weight is 432 g/mol. The zero-order chi connectivity index (χ0) is 22.8. The van der Waals surface area contributed by atoms with Crippen molar-refractivity contribution < 1.29 is 33.0 Å². The van der Waals surface area contributed by atoms with Crippen LogP contribution in [0.4, 0.5) is 4.39 Å². The highest BCUT2D eigenvalue weighted by atomic mass is 19.1. The molecule has 0 atom stereocenters. The number of benzene rings is 3. The average Bonchev–Trinajstić information content (AvgIpc) is 3.09. The number of hydrogen-bond acceptors (Lipinski definition) is 6. The van der Waals surface area contributed by atoms with Gasteiger partial charge in [-0.05, 0) is 60.5 Å². The molecular weight excluding hydrogens is 415 g/mol. The minimum absolute atomic E-state index is 0.0659. The number of aryl methyl sites for hydroxylation is 1. The maximum Gasteiger partial charge on any atom is 0.343 e. The Morgan fingerprint density at radius 2 is 1.72 bits per heavy atom. The third-order valence-corrected chi connectivity index (χ3v) is 4.84. The number of carbonyl (C=O) groups is 3. The summed E-state index contributed by atoms with van der Waals surface area (Å²) in [4.78, 5) is 36.7. The molecule has 0 aliphatic carbocycles. The van der Waals surface area contributed by atoms with Gasteiger partial charge in [0.15, 0.2) is 5.76 Å². The lowest BCUT2D eigenvalue weighted by Crippen LogP contribution is -2.09. The number of rotatable bonds is 4. The van der Waals surface area contributed by atoms with Gasteiger partial charge in [-0.15, -0.1) is 0 Å². The van der Waals surface area contributed by atoms with Crippen LogP contribution in [0.1, 0.15) is 42.2 Å². The van der Waals surface area contributed by atoms with E-state index >= 15 is 0 Å². The van der Waals surface area contributed by atoms with Gasteiger partial charge in [0.1, 0.15) is 17.3 Å². The van der Waals surface area contributed by atoms with Gasteiger partial charge < -0.3 is 14.2 Å². The quantitative estimate of drug-likeness (QED) is 0.336. The molecule has 3 aromatic carbocycles. The molecule has 160 valence electrons. The van der Waals surface area contributed by atoms with E-state index in [1.807, 2.05) is 0 Å². The van der Waals surface area contributed by atoms with Crippen molar-refractivity contribution in [3.63, 3.8) is 0 Å². The maximum atomic E-state index is 13.4. The van der Waals surface area contributed by atoms with Gasteiger partial charge in [-0.25, -0.2) is 14.0 Å². The lowest BCUT2D eigenvalue weighted by molar-refractivity contribution is 0.0600. The molecule has 1 aliphatic heterocycles. The largest absolute Gasteiger partial charge is 0.465 e. The highest BCUT2D eigenvalue weighted by molar-refractivity contribution is 6.15. The monoisotopic (exact) mass is 432 g/mol. The van der Waals surface area contributed by atoms with E-state index in [0.29, 0.717) is 22.3 Å². The molecule has 0 aromatic heterocycles. The zero-order valence-corrected chi connectivity index (χ0v) is 17.2. The third-order valence-electron chi connectivity index (χ3n) is 4.84. The summed E-state index contributed by atoms with van der Waals surface area (Å²) in [6, 6.07) is 14.6. The summed E-state index contributed by atoms with van der Waals surface area (Å²) >= 11 is 0. The van der Waals surface area contributed by atoms with E-state index < -0.39 is 17.8 Å². The normalized spacial score (nSPS) is 13.5. The fraction of sp³-hybridized carbons (Fsp3) is 0.0800. The summed E-state index contributed by atoms with van der Waals surface area (Å²) in [5, 5.41) is 0. The van der Waals surface area contributed by atoms with Crippen molar-refractivity contribution in [2.24, 2.45) is 0 Å². The van der Waals surface area contributed by atoms with E-state index in [1.54, 1.807) is 43.3 Å². The second-order valence-electron chi connectivity index (χ2n) is 7.07. The van der Waals surface area contributed by atoms with Crippen LogP contribution in [-0.4, -0.2) is 24.8 Å². The second kappa shape index (κ2) is 8.47. The molecule has 1 aliphatic rings. The molecule has 0 amide bonds. The van der Waals surface area contributed by atoms with Crippen molar-refractivity contribution in [3.05, 3.63) is 100 Å². The molecule has 0 radical (unpaired) electrons. The van der Waals surface area contributed by atoms with Crippen molar-refractivity contribution >= 4 is 23.8 Å². The molecular formula is C25H17FO6. The Hall–Kier alpha value is -4.26. The highest BCUT2D eigenvalue weighted by Gasteiger charge is 2.30. The minimum atomic E-state index is -0.727. The summed E-state index contributed by atoms with van der Waals surface area (Å²) in [5.74, 6) is -1.51. The first kappa shape index (κ1) is 21.0. The Morgan fingerprint density at radius 3 is 2.41 bits per heavy atom. The van der Waals surface area contributed by atoms with Crippen LogP contribution >= 0.6 is 0 Å². The fourth-order valence-corrected chi connectivity index (χ4v) is 3.30. The number of fused-ring (bicyclic) bond motifs is 1. The van der Waals surface area contributed by atoms with Gasteiger partial charge in [0.25, 0.3) is 0 Å². The Labute approximate surface area is 182 Å². The Bertz CT molecular complexity index is 1270. The van der Waals surface area contributed by atoms with Crippen molar-refractivity contribution in [1.82, 2.24) is 0 Å². The first-order valence-electron chi connectivity index (χ1n) is 9.61. The summed E-state index contributed by atoms with van der Waals surface area (Å²) in [5.41, 5.74) is 2.05. The number of carbonyl (C=O) groups excluding carboxylic acids is 3. The molecule has 6 nitrogen and oxygen atoms in total. The maximum absolute atomic E-state index is 13.4. The molecule has 0 saturated carbocycles. The smallest absolute Gasteiger partial charge is 0.343 e. The van der Waals surface area contributed by atoms with Gasteiger partial charge in [0.2, 0.25) is 5.78 Å². The molecule has 7 heteroatoms. The van der Waals surface area contributed by atoms with Gasteiger partial charge in [-0.3, -0.25) is 4.79 Å². The molecule has 0 unspecified atom stereocenters. The molecule has 1 heterocycles. The van der Waals surface area contributed by atoms with Crippen LogP contribution in [0.5, 0.6) is 11.5 Å². The first-order valence-corrected chi connectivity index (χ1v) is 9.61. The number of ether oxygens (including phenoxy) is 3. The van der Waals surface area contributed by atoms with Gasteiger partial charge in [-0.1, -0.05) is 18.2 Å². The van der Waals surface area contributed by atoms with E-state index in [1.165, 1.54) is 31.4 Å². The number of esters is 2. The third kappa shape index (κ3) is 4.13. The van der Waals surface area contributed by atoms with Crippen LogP contribution in [0.15, 0.2) is 66.4 Å². The SMILES string of the molecule is COC(=O)c1ccc(/C=C2\Oc3cc(OC(=O)c4cccc(F)c4)cc(C)c3C2=O)cc1. The number of Topliss-reactive ketones (excluding diaryl/α,β-unsaturated/α-hetero) is 1. The fourth-order valence-electron chi connectivity index (χ4n) is 3.30. The van der Waals surface area contributed by atoms with E-state index in [-0.39, 0.29) is 28.6 Å². The molecule has 0 bridgehead atoms. The number of methoxy groups -OCH3 is 1. The van der Waals surface area contributed by atoms with Crippen LogP contribution < -0.4 is 9.47 Å². The van der Waals surface area contributed by atoms with Crippen molar-refractivity contribution in [3.8, 4) is 11.5 Å². The summed E-state index contributed by atoms with van der Waals surface area (Å²) in [6.45, 7) is 1.70. The first-order chi connectivity index (χ1) is 15.4. The molecule has 32 heavy (non-hydrogen) atoms. The predicted molar refractivity (Wildman–Crippen MR) is 113 cm³/mol. The minimum Gasteiger partial charge on any atom is -0.465 e. The van der Waals surface area contributed by atoms with E-state index in [2.05, 4.69) is 4.74 Å². The van der Waals surface area contributed by atoms with Crippen LogP contribution in [0, 0.1) is 12.7 Å². The van der Waals surface area contributed by atoms with Gasteiger partial charge in [0.05, 0.1) is 23.8 Å². The number of ketones is 1. The summed E-state index contributed by atoms with van der Waals surface area (Å²) < 4.78 is 29.1. The standard InChI is InChI=1S/C25H17FO6/c1-14-10-19(31-25(29)17-4-3-5-18(26)12-17)13-20-22(14)23(27)21(32-20)11-15-6-8-16(9-7-15)24(28)30-2/h3-13H,1-2H3/b21-11-. The number of halogens is 1. The Balaban J connectivity index is 1.57. The molecule has 0 N–H and O–H groups in total. The molecule has 4 rings (SSSR count). The predicted octanol–water partition coefficient (Wildman–Crippen LogP) is 4.76. The summed E-state index contributed by atoms with van der Waals surface area (Å²) in [6.07, 6.45) is 1.56. The lowest BCUT2D eigenvalue weighted by Gasteiger charge is -2.08. The number of allylic oxidation sites excluding steroid dienone is 1. The second-order valence-corrected chi connectivity index (χ2v) is 7.07. The van der Waals surface area contributed by atoms with E-state index in [0.717, 1.165) is 6.07 Å². The van der Waals surface area contributed by atoms with Gasteiger partial charge >= 0.3 is 11.9 Å². The van der Waals surface area contributed by atoms with E-state index in [4.69, 9.17) is 9.47 Å². The van der Waals surface area contributed by atoms with Crippen LogP contribution in [0.25, 0.3) is 6.08 Å². The molecule has 3 aromatic rings. The Kier molecular flexibility index (Phi) is 5.55. The summed E-state index contributed by atoms with van der Waals surface area (Å²) in [7, 11) is 1.30. The van der Waals surface area contributed by atoms with Crippen molar-refractivity contribution in [1.29, 1.82) is 0 Å². The van der Waals surface area contributed by atoms with E-state index in [9.17, 15) is 18.8 Å². The van der Waals surface area contributed by atoms with Crippen molar-refractivity contribution in [2.75, 3.05) is 7.11 Å². The molecule has 0 saturated heterocycles. The van der Waals surface area contributed by atoms with Crippen LogP contribution in [0.3, 0.4) is 0 Å². The lowest BCUT2D eigenvalue weighted by atomic mass is 10.0. The van der Waals surface area contributed by atoms with Crippen LogP contribution in [0.2, 0.25) is 0 Å². The zero-order valence-electron chi connectivity index (χ0n) is 17.2. The number of hydrogen-bond donors (Lipinski definition) is 0.